The fourth-order valence-electron chi connectivity index (χ4n) is 2.69. The van der Waals surface area contributed by atoms with E-state index < -0.39 is 5.54 Å². The lowest BCUT2D eigenvalue weighted by atomic mass is 9.89. The second-order valence-electron chi connectivity index (χ2n) is 5.59. The van der Waals surface area contributed by atoms with Crippen molar-refractivity contribution in [2.75, 3.05) is 13.6 Å². The summed E-state index contributed by atoms with van der Waals surface area (Å²) >= 11 is 0. The number of benzene rings is 1. The maximum Gasteiger partial charge on any atom is 0.327 e. The van der Waals surface area contributed by atoms with E-state index in [1.54, 1.807) is 11.9 Å². The number of carbonyl (C=O) groups excluding carboxylic acids is 2. The van der Waals surface area contributed by atoms with Crippen molar-refractivity contribution in [3.05, 3.63) is 35.4 Å². The molecule has 0 aromatic heterocycles. The van der Waals surface area contributed by atoms with E-state index in [0.717, 1.165) is 24.0 Å². The van der Waals surface area contributed by atoms with Gasteiger partial charge >= 0.3 is 6.03 Å². The third-order valence-electron chi connectivity index (χ3n) is 4.13. The Morgan fingerprint density at radius 3 is 2.30 bits per heavy atom. The van der Waals surface area contributed by atoms with Gasteiger partial charge in [-0.1, -0.05) is 43.2 Å². The van der Waals surface area contributed by atoms with Crippen molar-refractivity contribution in [3.63, 3.8) is 0 Å². The first-order valence-corrected chi connectivity index (χ1v) is 7.09. The molecule has 1 aromatic rings. The number of rotatable bonds is 4. The van der Waals surface area contributed by atoms with Crippen LogP contribution in [0.1, 0.15) is 37.8 Å². The number of aryl methyl sites for hydroxylation is 1. The van der Waals surface area contributed by atoms with Crippen LogP contribution in [0.5, 0.6) is 0 Å². The van der Waals surface area contributed by atoms with Crippen molar-refractivity contribution < 1.29 is 9.59 Å². The summed E-state index contributed by atoms with van der Waals surface area (Å²) in [6.45, 7) is 6.54. The van der Waals surface area contributed by atoms with Crippen molar-refractivity contribution in [2.24, 2.45) is 0 Å². The normalized spacial score (nSPS) is 22.8. The second-order valence-corrected chi connectivity index (χ2v) is 5.59. The average Bonchev–Trinajstić information content (AvgIpc) is 2.60. The summed E-state index contributed by atoms with van der Waals surface area (Å²) in [7, 11) is 1.56. The Labute approximate surface area is 120 Å². The van der Waals surface area contributed by atoms with Gasteiger partial charge in [-0.2, -0.15) is 0 Å². The highest BCUT2D eigenvalue weighted by Crippen LogP contribution is 2.36. The zero-order valence-corrected chi connectivity index (χ0v) is 12.6. The summed E-state index contributed by atoms with van der Waals surface area (Å²) in [5.41, 5.74) is 1.14. The molecule has 1 saturated heterocycles. The van der Waals surface area contributed by atoms with E-state index in [-0.39, 0.29) is 11.9 Å². The number of nitrogens with zero attached hydrogens (tertiary/aromatic N) is 2. The molecular weight excluding hydrogens is 252 g/mol. The lowest BCUT2D eigenvalue weighted by Crippen LogP contribution is -2.44. The standard InChI is InChI=1S/C16H22N2O2/c1-5-6-11-18-15(20)17(4)14(19)16(18,3)13-9-7-12(2)8-10-13/h7-10H,5-6,11H2,1-4H3/t16-/m0/s1. The molecule has 4 heteroatoms. The van der Waals surface area contributed by atoms with Gasteiger partial charge in [-0.05, 0) is 25.8 Å². The predicted octanol–water partition coefficient (Wildman–Crippen LogP) is 2.90. The molecule has 1 aromatic carbocycles. The summed E-state index contributed by atoms with van der Waals surface area (Å²) in [4.78, 5) is 27.8. The molecule has 108 valence electrons. The summed E-state index contributed by atoms with van der Waals surface area (Å²) < 4.78 is 0. The van der Waals surface area contributed by atoms with Crippen molar-refractivity contribution >= 4 is 11.9 Å². The Kier molecular flexibility index (Phi) is 3.84. The summed E-state index contributed by atoms with van der Waals surface area (Å²) in [5.74, 6) is -0.151. The van der Waals surface area contributed by atoms with Gasteiger partial charge in [0.25, 0.3) is 5.91 Å². The molecule has 1 heterocycles. The molecule has 4 nitrogen and oxygen atoms in total. The van der Waals surface area contributed by atoms with Gasteiger partial charge in [0.2, 0.25) is 0 Å². The highest BCUT2D eigenvalue weighted by molar-refractivity contribution is 6.06. The van der Waals surface area contributed by atoms with Crippen LogP contribution in [-0.2, 0) is 10.3 Å². The molecule has 0 N–H and O–H groups in total. The molecule has 0 bridgehead atoms. The third-order valence-corrected chi connectivity index (χ3v) is 4.13. The Morgan fingerprint density at radius 2 is 1.75 bits per heavy atom. The van der Waals surface area contributed by atoms with Crippen LogP contribution in [0.25, 0.3) is 0 Å². The minimum Gasteiger partial charge on any atom is -0.306 e. The molecule has 0 radical (unpaired) electrons. The zero-order chi connectivity index (χ0) is 14.9. The average molecular weight is 274 g/mol. The second kappa shape index (κ2) is 5.27. The van der Waals surface area contributed by atoms with Crippen LogP contribution in [-0.4, -0.2) is 35.3 Å². The molecule has 20 heavy (non-hydrogen) atoms. The highest BCUT2D eigenvalue weighted by Gasteiger charge is 2.53. The lowest BCUT2D eigenvalue weighted by molar-refractivity contribution is -0.132. The number of amides is 3. The van der Waals surface area contributed by atoms with E-state index >= 15 is 0 Å². The minimum absolute atomic E-state index is 0.151. The Morgan fingerprint density at radius 1 is 1.15 bits per heavy atom. The number of hydrogen-bond donors (Lipinski definition) is 0. The van der Waals surface area contributed by atoms with E-state index in [9.17, 15) is 9.59 Å². The highest BCUT2D eigenvalue weighted by atomic mass is 16.2. The molecule has 0 spiro atoms. The number of urea groups is 1. The van der Waals surface area contributed by atoms with Crippen molar-refractivity contribution in [1.82, 2.24) is 9.80 Å². The van der Waals surface area contributed by atoms with E-state index in [0.29, 0.717) is 6.54 Å². The molecule has 1 fully saturated rings. The number of carbonyl (C=O) groups is 2. The molecule has 0 aliphatic carbocycles. The van der Waals surface area contributed by atoms with Crippen molar-refractivity contribution in [2.45, 2.75) is 39.2 Å². The minimum atomic E-state index is -0.880. The van der Waals surface area contributed by atoms with Gasteiger partial charge < -0.3 is 4.90 Å². The molecule has 1 aliphatic heterocycles. The Hall–Kier alpha value is -1.84. The molecule has 0 unspecified atom stereocenters. The van der Waals surface area contributed by atoms with Crippen LogP contribution in [0.15, 0.2) is 24.3 Å². The number of hydrogen-bond acceptors (Lipinski definition) is 2. The molecule has 1 aliphatic rings. The number of unbranched alkanes of at least 4 members (excludes halogenated alkanes) is 1. The van der Waals surface area contributed by atoms with Gasteiger partial charge in [0.15, 0.2) is 0 Å². The maximum atomic E-state index is 12.6. The first-order chi connectivity index (χ1) is 9.42. The lowest BCUT2D eigenvalue weighted by Gasteiger charge is -2.32. The van der Waals surface area contributed by atoms with Gasteiger partial charge in [0, 0.05) is 13.6 Å². The molecule has 3 amide bonds. The topological polar surface area (TPSA) is 40.6 Å². The van der Waals surface area contributed by atoms with Crippen LogP contribution in [0, 0.1) is 6.92 Å². The first kappa shape index (κ1) is 14.6. The maximum absolute atomic E-state index is 12.6. The molecule has 0 saturated carbocycles. The first-order valence-electron chi connectivity index (χ1n) is 7.09. The summed E-state index contributed by atoms with van der Waals surface area (Å²) in [5, 5.41) is 0. The number of likely N-dealkylation sites (N-methyl/N-ethyl adjacent to an activating group) is 1. The largest absolute Gasteiger partial charge is 0.327 e. The van der Waals surface area contributed by atoms with E-state index in [4.69, 9.17) is 0 Å². The van der Waals surface area contributed by atoms with Crippen LogP contribution in [0.3, 0.4) is 0 Å². The smallest absolute Gasteiger partial charge is 0.306 e. The van der Waals surface area contributed by atoms with Gasteiger partial charge in [-0.3, -0.25) is 9.69 Å². The van der Waals surface area contributed by atoms with E-state index in [2.05, 4.69) is 6.92 Å². The fourth-order valence-corrected chi connectivity index (χ4v) is 2.69. The van der Waals surface area contributed by atoms with E-state index in [1.165, 1.54) is 4.90 Å². The van der Waals surface area contributed by atoms with Gasteiger partial charge in [0.1, 0.15) is 5.54 Å². The van der Waals surface area contributed by atoms with Gasteiger partial charge in [-0.15, -0.1) is 0 Å². The Balaban J connectivity index is 2.45. The van der Waals surface area contributed by atoms with Gasteiger partial charge in [-0.25, -0.2) is 4.79 Å². The Bertz CT molecular complexity index is 524. The monoisotopic (exact) mass is 274 g/mol. The van der Waals surface area contributed by atoms with Crippen LogP contribution < -0.4 is 0 Å². The summed E-state index contributed by atoms with van der Waals surface area (Å²) in [6.07, 6.45) is 1.89. The quantitative estimate of drug-likeness (QED) is 0.792. The number of imide groups is 1. The molecule has 2 rings (SSSR count). The summed E-state index contributed by atoms with van der Waals surface area (Å²) in [6, 6.07) is 7.65. The van der Waals surface area contributed by atoms with Crippen LogP contribution >= 0.6 is 0 Å². The van der Waals surface area contributed by atoms with Crippen molar-refractivity contribution in [3.8, 4) is 0 Å². The molecular formula is C16H22N2O2. The predicted molar refractivity (Wildman–Crippen MR) is 78.3 cm³/mol. The van der Waals surface area contributed by atoms with E-state index in [1.807, 2.05) is 38.1 Å². The SMILES string of the molecule is CCCCN1C(=O)N(C)C(=O)[C@]1(C)c1ccc(C)cc1. The van der Waals surface area contributed by atoms with Crippen molar-refractivity contribution in [1.29, 1.82) is 0 Å². The van der Waals surface area contributed by atoms with Crippen LogP contribution in [0.4, 0.5) is 4.79 Å². The fraction of sp³-hybridized carbons (Fsp3) is 0.500. The van der Waals surface area contributed by atoms with Gasteiger partial charge in [0.05, 0.1) is 0 Å². The van der Waals surface area contributed by atoms with Crippen LogP contribution in [0.2, 0.25) is 0 Å². The molecule has 1 atom stereocenters. The third kappa shape index (κ3) is 2.09. The zero-order valence-electron chi connectivity index (χ0n) is 12.6.